The van der Waals surface area contributed by atoms with Crippen molar-refractivity contribution in [3.8, 4) is 0 Å². The molecule has 1 atom stereocenters. The minimum atomic E-state index is -0.427. The van der Waals surface area contributed by atoms with Crippen LogP contribution < -0.4 is 10.6 Å². The fourth-order valence-electron chi connectivity index (χ4n) is 2.51. The van der Waals surface area contributed by atoms with Gasteiger partial charge in [0.15, 0.2) is 0 Å². The molecule has 0 bridgehead atoms. The van der Waals surface area contributed by atoms with E-state index in [4.69, 9.17) is 11.6 Å². The van der Waals surface area contributed by atoms with E-state index in [0.29, 0.717) is 17.5 Å². The van der Waals surface area contributed by atoms with Crippen LogP contribution in [0.3, 0.4) is 0 Å². The molecule has 1 aromatic rings. The molecular formula is C15H21Cl2FN2O. The summed E-state index contributed by atoms with van der Waals surface area (Å²) in [5, 5.41) is 6.49. The zero-order valence-corrected chi connectivity index (χ0v) is 13.4. The maximum absolute atomic E-state index is 13.6. The molecular weight excluding hydrogens is 314 g/mol. The van der Waals surface area contributed by atoms with Crippen molar-refractivity contribution in [3.05, 3.63) is 34.6 Å². The third kappa shape index (κ3) is 5.81. The van der Waals surface area contributed by atoms with Gasteiger partial charge in [0.2, 0.25) is 5.91 Å². The molecule has 1 aliphatic rings. The van der Waals surface area contributed by atoms with E-state index < -0.39 is 5.82 Å². The van der Waals surface area contributed by atoms with E-state index >= 15 is 0 Å². The lowest BCUT2D eigenvalue weighted by Crippen LogP contribution is -2.33. The molecule has 1 fully saturated rings. The van der Waals surface area contributed by atoms with Gasteiger partial charge >= 0.3 is 0 Å². The Labute approximate surface area is 136 Å². The third-order valence-electron chi connectivity index (χ3n) is 3.67. The average Bonchev–Trinajstić information content (AvgIpc) is 2.44. The molecule has 0 saturated carbocycles. The highest BCUT2D eigenvalue weighted by atomic mass is 35.5. The number of hydrogen-bond acceptors (Lipinski definition) is 2. The van der Waals surface area contributed by atoms with Crippen LogP contribution in [0.2, 0.25) is 5.02 Å². The summed E-state index contributed by atoms with van der Waals surface area (Å²) in [5.41, 5.74) is 0.269. The van der Waals surface area contributed by atoms with Crippen LogP contribution in [-0.4, -0.2) is 25.5 Å². The average molecular weight is 335 g/mol. The minimum absolute atomic E-state index is 0. The Morgan fingerprint density at radius 1 is 1.48 bits per heavy atom. The van der Waals surface area contributed by atoms with Gasteiger partial charge in [0.05, 0.1) is 6.42 Å². The van der Waals surface area contributed by atoms with Crippen LogP contribution in [0.25, 0.3) is 0 Å². The largest absolute Gasteiger partial charge is 0.356 e. The SMILES string of the molecule is Cl.O=C(Cc1c(F)cccc1Cl)NCCC1CCCNC1. The van der Waals surface area contributed by atoms with Gasteiger partial charge in [-0.15, -0.1) is 12.4 Å². The number of amides is 1. The smallest absolute Gasteiger partial charge is 0.224 e. The Morgan fingerprint density at radius 2 is 2.29 bits per heavy atom. The monoisotopic (exact) mass is 334 g/mol. The predicted octanol–water partition coefficient (Wildman–Crippen LogP) is 2.95. The molecule has 2 N–H and O–H groups in total. The second-order valence-electron chi connectivity index (χ2n) is 5.23. The van der Waals surface area contributed by atoms with Crippen molar-refractivity contribution in [1.29, 1.82) is 0 Å². The fraction of sp³-hybridized carbons (Fsp3) is 0.533. The summed E-state index contributed by atoms with van der Waals surface area (Å²) in [6.45, 7) is 2.75. The number of piperidine rings is 1. The van der Waals surface area contributed by atoms with Gasteiger partial charge in [-0.2, -0.15) is 0 Å². The topological polar surface area (TPSA) is 41.1 Å². The second-order valence-corrected chi connectivity index (χ2v) is 5.64. The van der Waals surface area contributed by atoms with Crippen molar-refractivity contribution < 1.29 is 9.18 Å². The van der Waals surface area contributed by atoms with Crippen molar-refractivity contribution in [2.75, 3.05) is 19.6 Å². The maximum atomic E-state index is 13.6. The van der Waals surface area contributed by atoms with Crippen molar-refractivity contribution in [2.24, 2.45) is 5.92 Å². The van der Waals surface area contributed by atoms with E-state index in [1.165, 1.54) is 25.0 Å². The van der Waals surface area contributed by atoms with Crippen LogP contribution in [0.1, 0.15) is 24.8 Å². The molecule has 21 heavy (non-hydrogen) atoms. The quantitative estimate of drug-likeness (QED) is 0.869. The molecule has 6 heteroatoms. The normalized spacial score (nSPS) is 17.9. The summed E-state index contributed by atoms with van der Waals surface area (Å²) in [6, 6.07) is 4.46. The van der Waals surface area contributed by atoms with Crippen LogP contribution in [0, 0.1) is 11.7 Å². The van der Waals surface area contributed by atoms with E-state index in [1.54, 1.807) is 6.07 Å². The van der Waals surface area contributed by atoms with Crippen LogP contribution >= 0.6 is 24.0 Å². The Kier molecular flexibility index (Phi) is 8.01. The molecule has 1 saturated heterocycles. The van der Waals surface area contributed by atoms with Crippen molar-refractivity contribution in [3.63, 3.8) is 0 Å². The highest BCUT2D eigenvalue weighted by Gasteiger charge is 2.14. The number of rotatable bonds is 5. The van der Waals surface area contributed by atoms with Crippen LogP contribution in [-0.2, 0) is 11.2 Å². The van der Waals surface area contributed by atoms with Crippen molar-refractivity contribution in [2.45, 2.75) is 25.7 Å². The number of carbonyl (C=O) groups is 1. The molecule has 118 valence electrons. The van der Waals surface area contributed by atoms with Crippen LogP contribution in [0.5, 0.6) is 0 Å². The van der Waals surface area contributed by atoms with E-state index in [0.717, 1.165) is 19.5 Å². The van der Waals surface area contributed by atoms with Gasteiger partial charge in [0, 0.05) is 17.1 Å². The molecule has 0 radical (unpaired) electrons. The molecule has 1 heterocycles. The lowest BCUT2D eigenvalue weighted by molar-refractivity contribution is -0.120. The molecule has 3 nitrogen and oxygen atoms in total. The summed E-state index contributed by atoms with van der Waals surface area (Å²) in [4.78, 5) is 11.8. The summed E-state index contributed by atoms with van der Waals surface area (Å²) in [6.07, 6.45) is 3.36. The summed E-state index contributed by atoms with van der Waals surface area (Å²) in [5.74, 6) is 0.0194. The number of carbonyl (C=O) groups excluding carboxylic acids is 1. The molecule has 1 aromatic carbocycles. The molecule has 1 amide bonds. The lowest BCUT2D eigenvalue weighted by atomic mass is 9.96. The van der Waals surface area contributed by atoms with Gasteiger partial charge < -0.3 is 10.6 Å². The molecule has 2 rings (SSSR count). The van der Waals surface area contributed by atoms with Gasteiger partial charge in [0.1, 0.15) is 5.82 Å². The summed E-state index contributed by atoms with van der Waals surface area (Å²) < 4.78 is 13.6. The Bertz CT molecular complexity index is 445. The van der Waals surface area contributed by atoms with Gasteiger partial charge in [-0.3, -0.25) is 4.79 Å². The van der Waals surface area contributed by atoms with Crippen molar-refractivity contribution in [1.82, 2.24) is 10.6 Å². The first kappa shape index (κ1) is 18.2. The fourth-order valence-corrected chi connectivity index (χ4v) is 2.74. The first-order chi connectivity index (χ1) is 9.66. The molecule has 0 aromatic heterocycles. The Hall–Kier alpha value is -0.840. The third-order valence-corrected chi connectivity index (χ3v) is 4.03. The van der Waals surface area contributed by atoms with E-state index in [9.17, 15) is 9.18 Å². The molecule has 0 aliphatic carbocycles. The zero-order chi connectivity index (χ0) is 14.4. The predicted molar refractivity (Wildman–Crippen MR) is 85.6 cm³/mol. The van der Waals surface area contributed by atoms with Gasteiger partial charge in [-0.1, -0.05) is 17.7 Å². The summed E-state index contributed by atoms with van der Waals surface area (Å²) in [7, 11) is 0. The van der Waals surface area contributed by atoms with Gasteiger partial charge in [-0.05, 0) is 50.4 Å². The van der Waals surface area contributed by atoms with E-state index in [1.807, 2.05) is 0 Å². The van der Waals surface area contributed by atoms with Gasteiger partial charge in [-0.25, -0.2) is 4.39 Å². The Morgan fingerprint density at radius 3 is 2.95 bits per heavy atom. The van der Waals surface area contributed by atoms with E-state index in [-0.39, 0.29) is 30.3 Å². The maximum Gasteiger partial charge on any atom is 0.224 e. The highest BCUT2D eigenvalue weighted by molar-refractivity contribution is 6.31. The first-order valence-electron chi connectivity index (χ1n) is 7.07. The van der Waals surface area contributed by atoms with Crippen LogP contribution in [0.15, 0.2) is 18.2 Å². The lowest BCUT2D eigenvalue weighted by Gasteiger charge is -2.22. The molecule has 1 unspecified atom stereocenters. The standard InChI is InChI=1S/C15H20ClFN2O.ClH/c16-13-4-1-5-14(17)12(13)9-15(20)19-8-6-11-3-2-7-18-10-11;/h1,4-5,11,18H,2-3,6-10H2,(H,19,20);1H. The number of hydrogen-bond donors (Lipinski definition) is 2. The Balaban J connectivity index is 0.00000220. The number of benzene rings is 1. The van der Waals surface area contributed by atoms with Gasteiger partial charge in [0.25, 0.3) is 0 Å². The van der Waals surface area contributed by atoms with E-state index in [2.05, 4.69) is 10.6 Å². The minimum Gasteiger partial charge on any atom is -0.356 e. The zero-order valence-electron chi connectivity index (χ0n) is 11.8. The first-order valence-corrected chi connectivity index (χ1v) is 7.45. The molecule has 0 spiro atoms. The van der Waals surface area contributed by atoms with Crippen LogP contribution in [0.4, 0.5) is 4.39 Å². The number of nitrogens with one attached hydrogen (secondary N) is 2. The molecule has 1 aliphatic heterocycles. The highest BCUT2D eigenvalue weighted by Crippen LogP contribution is 2.19. The van der Waals surface area contributed by atoms with Crippen molar-refractivity contribution >= 4 is 29.9 Å². The number of halogens is 3. The summed E-state index contributed by atoms with van der Waals surface area (Å²) >= 11 is 5.90. The second kappa shape index (κ2) is 9.23.